The lowest BCUT2D eigenvalue weighted by Gasteiger charge is -2.29. The van der Waals surface area contributed by atoms with Crippen molar-refractivity contribution in [3.8, 4) is 0 Å². The van der Waals surface area contributed by atoms with Crippen LogP contribution in [0.3, 0.4) is 0 Å². The van der Waals surface area contributed by atoms with E-state index in [1.165, 1.54) is 30.6 Å². The van der Waals surface area contributed by atoms with Gasteiger partial charge in [-0.05, 0) is 43.0 Å². The van der Waals surface area contributed by atoms with Gasteiger partial charge in [-0.15, -0.1) is 0 Å². The summed E-state index contributed by atoms with van der Waals surface area (Å²) >= 11 is 0. The Balaban J connectivity index is 2.04. The second kappa shape index (κ2) is 6.24. The van der Waals surface area contributed by atoms with Crippen molar-refractivity contribution in [1.29, 1.82) is 0 Å². The molecule has 0 bridgehead atoms. The molecule has 1 aromatic carbocycles. The number of anilines is 1. The van der Waals surface area contributed by atoms with Gasteiger partial charge in [0.2, 0.25) is 0 Å². The van der Waals surface area contributed by atoms with E-state index >= 15 is 0 Å². The maximum atomic E-state index is 3.37. The van der Waals surface area contributed by atoms with Crippen LogP contribution in [0.4, 0.5) is 5.69 Å². The van der Waals surface area contributed by atoms with Gasteiger partial charge in [-0.1, -0.05) is 32.9 Å². The molecule has 0 amide bonds. The van der Waals surface area contributed by atoms with Crippen LogP contribution < -0.4 is 10.2 Å². The number of nitrogens with one attached hydrogen (secondary N) is 1. The summed E-state index contributed by atoms with van der Waals surface area (Å²) in [5, 5.41) is 3.37. The third-order valence-corrected chi connectivity index (χ3v) is 3.92. The lowest BCUT2D eigenvalue weighted by Crippen LogP contribution is -2.33. The fraction of sp³-hybridized carbons (Fsp3) is 0.625. The Morgan fingerprint density at radius 3 is 2.61 bits per heavy atom. The largest absolute Gasteiger partial charge is 0.368 e. The fourth-order valence-electron chi connectivity index (χ4n) is 2.88. The van der Waals surface area contributed by atoms with Gasteiger partial charge < -0.3 is 10.2 Å². The van der Waals surface area contributed by atoms with Crippen molar-refractivity contribution in [1.82, 2.24) is 5.32 Å². The van der Waals surface area contributed by atoms with Crippen LogP contribution in [0.15, 0.2) is 24.3 Å². The summed E-state index contributed by atoms with van der Waals surface area (Å²) in [7, 11) is 0. The van der Waals surface area contributed by atoms with Crippen molar-refractivity contribution in [3.63, 3.8) is 0 Å². The van der Waals surface area contributed by atoms with Crippen LogP contribution in [0, 0.1) is 5.92 Å². The Labute approximate surface area is 111 Å². The molecule has 18 heavy (non-hydrogen) atoms. The Kier molecular flexibility index (Phi) is 4.65. The first-order valence-corrected chi connectivity index (χ1v) is 7.28. The molecule has 1 aliphatic rings. The molecule has 1 unspecified atom stereocenters. The molecule has 1 heterocycles. The average Bonchev–Trinajstić information content (AvgIpc) is 2.86. The zero-order valence-corrected chi connectivity index (χ0v) is 11.9. The lowest BCUT2D eigenvalue weighted by atomic mass is 10.0. The number of hydrogen-bond acceptors (Lipinski definition) is 2. The third kappa shape index (κ3) is 3.05. The maximum absolute atomic E-state index is 3.37. The molecule has 0 saturated carbocycles. The monoisotopic (exact) mass is 246 g/mol. The van der Waals surface area contributed by atoms with Crippen LogP contribution in [-0.2, 0) is 6.54 Å². The van der Waals surface area contributed by atoms with Crippen LogP contribution in [0.5, 0.6) is 0 Å². The van der Waals surface area contributed by atoms with Crippen LogP contribution >= 0.6 is 0 Å². The summed E-state index contributed by atoms with van der Waals surface area (Å²) in [5.41, 5.74) is 2.77. The highest BCUT2D eigenvalue weighted by Gasteiger charge is 2.26. The van der Waals surface area contributed by atoms with E-state index in [4.69, 9.17) is 0 Å². The first-order valence-electron chi connectivity index (χ1n) is 7.28. The number of nitrogens with zero attached hydrogens (tertiary/aromatic N) is 1. The first kappa shape index (κ1) is 13.4. The highest BCUT2D eigenvalue weighted by atomic mass is 15.2. The first-order chi connectivity index (χ1) is 8.72. The molecular weight excluding hydrogens is 220 g/mol. The molecule has 2 rings (SSSR count). The van der Waals surface area contributed by atoms with Crippen LogP contribution in [0.2, 0.25) is 0 Å². The average molecular weight is 246 g/mol. The SMILES string of the molecule is CCNCc1ccc(N2CCCC2C(C)C)cc1. The minimum atomic E-state index is 0.726. The number of hydrogen-bond donors (Lipinski definition) is 1. The summed E-state index contributed by atoms with van der Waals surface area (Å²) in [4.78, 5) is 2.59. The molecule has 2 nitrogen and oxygen atoms in total. The van der Waals surface area contributed by atoms with E-state index in [-0.39, 0.29) is 0 Å². The molecule has 0 radical (unpaired) electrons. The summed E-state index contributed by atoms with van der Waals surface area (Å²) in [6.07, 6.45) is 2.68. The molecule has 0 spiro atoms. The van der Waals surface area contributed by atoms with E-state index in [0.29, 0.717) is 0 Å². The van der Waals surface area contributed by atoms with E-state index in [0.717, 1.165) is 25.0 Å². The Hall–Kier alpha value is -1.02. The van der Waals surface area contributed by atoms with Gasteiger partial charge in [0.15, 0.2) is 0 Å². The molecular formula is C16H26N2. The standard InChI is InChI=1S/C16H26N2/c1-4-17-12-14-7-9-15(10-8-14)18-11-5-6-16(18)13(2)3/h7-10,13,16-17H,4-6,11-12H2,1-3H3. The predicted molar refractivity (Wildman–Crippen MR) is 79.0 cm³/mol. The van der Waals surface area contributed by atoms with Crippen LogP contribution in [-0.4, -0.2) is 19.1 Å². The molecule has 1 saturated heterocycles. The molecule has 1 atom stereocenters. The van der Waals surface area contributed by atoms with E-state index in [2.05, 4.69) is 55.3 Å². The van der Waals surface area contributed by atoms with Crippen molar-refractivity contribution in [2.24, 2.45) is 5.92 Å². The van der Waals surface area contributed by atoms with Gasteiger partial charge in [-0.2, -0.15) is 0 Å². The zero-order valence-electron chi connectivity index (χ0n) is 11.9. The third-order valence-electron chi connectivity index (χ3n) is 3.92. The smallest absolute Gasteiger partial charge is 0.0368 e. The Morgan fingerprint density at radius 1 is 1.28 bits per heavy atom. The topological polar surface area (TPSA) is 15.3 Å². The minimum Gasteiger partial charge on any atom is -0.368 e. The van der Waals surface area contributed by atoms with Crippen molar-refractivity contribution >= 4 is 5.69 Å². The van der Waals surface area contributed by atoms with Crippen molar-refractivity contribution in [2.75, 3.05) is 18.0 Å². The number of rotatable bonds is 5. The Morgan fingerprint density at radius 2 is 2.00 bits per heavy atom. The van der Waals surface area contributed by atoms with Crippen molar-refractivity contribution in [3.05, 3.63) is 29.8 Å². The summed E-state index contributed by atoms with van der Waals surface area (Å²) in [6, 6.07) is 9.81. The zero-order chi connectivity index (χ0) is 13.0. The predicted octanol–water partition coefficient (Wildman–Crippen LogP) is 3.42. The lowest BCUT2D eigenvalue weighted by molar-refractivity contribution is 0.492. The second-order valence-corrected chi connectivity index (χ2v) is 5.59. The molecule has 0 aromatic heterocycles. The van der Waals surface area contributed by atoms with Crippen molar-refractivity contribution < 1.29 is 0 Å². The van der Waals surface area contributed by atoms with E-state index in [1.54, 1.807) is 0 Å². The van der Waals surface area contributed by atoms with Gasteiger partial charge in [0, 0.05) is 24.8 Å². The summed E-state index contributed by atoms with van der Waals surface area (Å²) in [6.45, 7) is 10.0. The maximum Gasteiger partial charge on any atom is 0.0368 e. The highest BCUT2D eigenvalue weighted by Crippen LogP contribution is 2.29. The summed E-state index contributed by atoms with van der Waals surface area (Å²) in [5.74, 6) is 0.744. The normalized spacial score (nSPS) is 19.8. The quantitative estimate of drug-likeness (QED) is 0.856. The number of benzene rings is 1. The molecule has 1 aromatic rings. The van der Waals surface area contributed by atoms with Gasteiger partial charge in [0.1, 0.15) is 0 Å². The summed E-state index contributed by atoms with van der Waals surface area (Å²) < 4.78 is 0. The molecule has 1 fully saturated rings. The van der Waals surface area contributed by atoms with Crippen LogP contribution in [0.1, 0.15) is 39.2 Å². The van der Waals surface area contributed by atoms with Gasteiger partial charge in [-0.3, -0.25) is 0 Å². The van der Waals surface area contributed by atoms with E-state index in [9.17, 15) is 0 Å². The molecule has 1 N–H and O–H groups in total. The highest BCUT2D eigenvalue weighted by molar-refractivity contribution is 5.49. The van der Waals surface area contributed by atoms with Gasteiger partial charge in [0.05, 0.1) is 0 Å². The molecule has 100 valence electrons. The molecule has 1 aliphatic heterocycles. The second-order valence-electron chi connectivity index (χ2n) is 5.59. The Bertz CT molecular complexity index is 356. The van der Waals surface area contributed by atoms with E-state index < -0.39 is 0 Å². The molecule has 2 heteroatoms. The van der Waals surface area contributed by atoms with Crippen LogP contribution in [0.25, 0.3) is 0 Å². The van der Waals surface area contributed by atoms with Gasteiger partial charge in [0.25, 0.3) is 0 Å². The fourth-order valence-corrected chi connectivity index (χ4v) is 2.88. The van der Waals surface area contributed by atoms with Gasteiger partial charge in [-0.25, -0.2) is 0 Å². The van der Waals surface area contributed by atoms with E-state index in [1.807, 2.05) is 0 Å². The van der Waals surface area contributed by atoms with Gasteiger partial charge >= 0.3 is 0 Å². The van der Waals surface area contributed by atoms with Crippen molar-refractivity contribution in [2.45, 2.75) is 46.2 Å². The minimum absolute atomic E-state index is 0.726. The molecule has 0 aliphatic carbocycles.